The Morgan fingerprint density at radius 1 is 1.14 bits per heavy atom. The van der Waals surface area contributed by atoms with Gasteiger partial charge in [-0.1, -0.05) is 18.2 Å². The lowest BCUT2D eigenvalue weighted by Crippen LogP contribution is -2.12. The fourth-order valence-corrected chi connectivity index (χ4v) is 3.10. The van der Waals surface area contributed by atoms with Gasteiger partial charge >= 0.3 is 0 Å². The van der Waals surface area contributed by atoms with Crippen molar-refractivity contribution in [3.63, 3.8) is 0 Å². The summed E-state index contributed by atoms with van der Waals surface area (Å²) in [6.07, 6.45) is 3.88. The maximum atomic E-state index is 12.5. The molecule has 6 heteroatoms. The number of aromatic hydroxyl groups is 1. The second-order valence-corrected chi connectivity index (χ2v) is 6.95. The minimum absolute atomic E-state index is 0.0351. The number of hydrogen-bond donors (Lipinski definition) is 2. The number of anilines is 1. The van der Waals surface area contributed by atoms with Crippen molar-refractivity contribution >= 4 is 17.2 Å². The molecule has 2 aromatic carbocycles. The van der Waals surface area contributed by atoms with Crippen LogP contribution in [0.1, 0.15) is 27.2 Å². The van der Waals surface area contributed by atoms with E-state index >= 15 is 0 Å². The van der Waals surface area contributed by atoms with Gasteiger partial charge in [-0.15, -0.1) is 0 Å². The molecule has 0 radical (unpaired) electrons. The first-order chi connectivity index (χ1) is 14.0. The number of amides is 1. The molecule has 1 amide bonds. The molecule has 2 aromatic heterocycles. The van der Waals surface area contributed by atoms with Gasteiger partial charge in [0.1, 0.15) is 23.8 Å². The molecule has 4 aromatic rings. The minimum atomic E-state index is -0.321. The van der Waals surface area contributed by atoms with Crippen LogP contribution >= 0.6 is 0 Å². The highest BCUT2D eigenvalue weighted by Gasteiger charge is 2.11. The average Bonchev–Trinajstić information content (AvgIpc) is 3.13. The third-order valence-electron chi connectivity index (χ3n) is 4.61. The number of rotatable bonds is 5. The van der Waals surface area contributed by atoms with Gasteiger partial charge in [0, 0.05) is 18.0 Å². The van der Waals surface area contributed by atoms with Crippen LogP contribution in [0.4, 0.5) is 5.69 Å². The lowest BCUT2D eigenvalue weighted by atomic mass is 10.1. The Bertz CT molecular complexity index is 1200. The number of ether oxygens (including phenoxy) is 1. The van der Waals surface area contributed by atoms with E-state index in [1.807, 2.05) is 48.8 Å². The fraction of sp³-hybridized carbons (Fsp3) is 0.130. The van der Waals surface area contributed by atoms with Crippen molar-refractivity contribution < 1.29 is 14.6 Å². The number of pyridine rings is 1. The van der Waals surface area contributed by atoms with E-state index in [1.165, 1.54) is 0 Å². The van der Waals surface area contributed by atoms with E-state index in [9.17, 15) is 9.90 Å². The zero-order chi connectivity index (χ0) is 20.4. The van der Waals surface area contributed by atoms with Crippen molar-refractivity contribution in [1.29, 1.82) is 0 Å². The molecule has 6 nitrogen and oxygen atoms in total. The summed E-state index contributed by atoms with van der Waals surface area (Å²) in [6, 6.07) is 16.0. The molecule has 0 atom stereocenters. The van der Waals surface area contributed by atoms with Gasteiger partial charge in [0.2, 0.25) is 0 Å². The molecule has 0 spiro atoms. The van der Waals surface area contributed by atoms with E-state index in [1.54, 1.807) is 36.4 Å². The number of phenolic OH excluding ortho intramolecular Hbond substituents is 1. The summed E-state index contributed by atoms with van der Waals surface area (Å²) < 4.78 is 7.80. The standard InChI is InChI=1S/C23H21N3O3/c1-15-8-9-20(21(27)11-15)25-23(28)17-6-3-7-19(12-17)29-14-18-13-26-10-4-5-16(2)22(26)24-18/h3-13,27H,14H2,1-2H3,(H,25,28). The number of benzene rings is 2. The van der Waals surface area contributed by atoms with Crippen LogP contribution < -0.4 is 10.1 Å². The number of carbonyl (C=O) groups excluding carboxylic acids is 1. The third-order valence-corrected chi connectivity index (χ3v) is 4.61. The van der Waals surface area contributed by atoms with Gasteiger partial charge in [0.15, 0.2) is 0 Å². The monoisotopic (exact) mass is 387 g/mol. The smallest absolute Gasteiger partial charge is 0.255 e. The number of fused-ring (bicyclic) bond motifs is 1. The molecular formula is C23H21N3O3. The van der Waals surface area contributed by atoms with Gasteiger partial charge in [-0.3, -0.25) is 4.79 Å². The van der Waals surface area contributed by atoms with E-state index in [0.29, 0.717) is 23.6 Å². The molecule has 146 valence electrons. The van der Waals surface area contributed by atoms with Crippen molar-refractivity contribution in [2.75, 3.05) is 5.32 Å². The summed E-state index contributed by atoms with van der Waals surface area (Å²) in [7, 11) is 0. The molecule has 29 heavy (non-hydrogen) atoms. The number of phenols is 1. The Labute approximate surface area is 168 Å². The predicted molar refractivity (Wildman–Crippen MR) is 112 cm³/mol. The molecule has 0 saturated heterocycles. The summed E-state index contributed by atoms with van der Waals surface area (Å²) >= 11 is 0. The topological polar surface area (TPSA) is 75.9 Å². The Kier molecular flexibility index (Phi) is 4.91. The number of nitrogens with zero attached hydrogens (tertiary/aromatic N) is 2. The summed E-state index contributed by atoms with van der Waals surface area (Å²) in [5.41, 5.74) is 4.52. The zero-order valence-corrected chi connectivity index (χ0v) is 16.2. The first-order valence-electron chi connectivity index (χ1n) is 9.26. The number of nitrogens with one attached hydrogen (secondary N) is 1. The van der Waals surface area contributed by atoms with Crippen molar-refractivity contribution in [2.45, 2.75) is 20.5 Å². The minimum Gasteiger partial charge on any atom is -0.506 e. The van der Waals surface area contributed by atoms with Crippen molar-refractivity contribution in [3.05, 3.63) is 89.4 Å². The Morgan fingerprint density at radius 3 is 2.79 bits per heavy atom. The summed E-state index contributed by atoms with van der Waals surface area (Å²) in [5.74, 6) is 0.283. The molecule has 2 N–H and O–H groups in total. The molecule has 0 aliphatic rings. The molecule has 0 saturated carbocycles. The van der Waals surface area contributed by atoms with Crippen LogP contribution in [-0.4, -0.2) is 20.4 Å². The Balaban J connectivity index is 1.46. The molecule has 0 fully saturated rings. The van der Waals surface area contributed by atoms with E-state index in [2.05, 4.69) is 10.3 Å². The molecule has 0 unspecified atom stereocenters. The van der Waals surface area contributed by atoms with Crippen molar-refractivity contribution in [2.24, 2.45) is 0 Å². The van der Waals surface area contributed by atoms with E-state index < -0.39 is 0 Å². The lowest BCUT2D eigenvalue weighted by molar-refractivity contribution is 0.102. The normalized spacial score (nSPS) is 10.8. The lowest BCUT2D eigenvalue weighted by Gasteiger charge is -2.09. The summed E-state index contributed by atoms with van der Waals surface area (Å²) in [5, 5.41) is 12.7. The molecule has 0 aliphatic heterocycles. The Hall–Kier alpha value is -3.80. The summed E-state index contributed by atoms with van der Waals surface area (Å²) in [4.78, 5) is 17.1. The number of aromatic nitrogens is 2. The molecule has 2 heterocycles. The second-order valence-electron chi connectivity index (χ2n) is 6.95. The van der Waals surface area contributed by atoms with Crippen LogP contribution in [0.3, 0.4) is 0 Å². The van der Waals surface area contributed by atoms with Gasteiger partial charge in [-0.25, -0.2) is 4.98 Å². The van der Waals surface area contributed by atoms with Gasteiger partial charge in [-0.2, -0.15) is 0 Å². The average molecular weight is 387 g/mol. The maximum absolute atomic E-state index is 12.5. The largest absolute Gasteiger partial charge is 0.506 e. The number of imidazole rings is 1. The van der Waals surface area contributed by atoms with Gasteiger partial charge in [-0.05, 0) is 61.4 Å². The highest BCUT2D eigenvalue weighted by atomic mass is 16.5. The summed E-state index contributed by atoms with van der Waals surface area (Å²) in [6.45, 7) is 4.18. The van der Waals surface area contributed by atoms with E-state index in [0.717, 1.165) is 22.5 Å². The van der Waals surface area contributed by atoms with Crippen LogP contribution in [0.2, 0.25) is 0 Å². The van der Waals surface area contributed by atoms with Crippen molar-refractivity contribution in [3.8, 4) is 11.5 Å². The van der Waals surface area contributed by atoms with Crippen LogP contribution in [0, 0.1) is 13.8 Å². The van der Waals surface area contributed by atoms with Crippen LogP contribution in [-0.2, 0) is 6.61 Å². The molecule has 0 aliphatic carbocycles. The van der Waals surface area contributed by atoms with Gasteiger partial charge in [0.05, 0.1) is 11.4 Å². The highest BCUT2D eigenvalue weighted by molar-refractivity contribution is 6.05. The van der Waals surface area contributed by atoms with Crippen LogP contribution in [0.5, 0.6) is 11.5 Å². The molecular weight excluding hydrogens is 366 g/mol. The quantitative estimate of drug-likeness (QED) is 0.495. The highest BCUT2D eigenvalue weighted by Crippen LogP contribution is 2.25. The number of aryl methyl sites for hydroxylation is 2. The first kappa shape index (κ1) is 18.6. The SMILES string of the molecule is Cc1ccc(NC(=O)c2cccc(OCc3cn4cccc(C)c4n3)c2)c(O)c1. The second kappa shape index (κ2) is 7.67. The van der Waals surface area contributed by atoms with Gasteiger partial charge < -0.3 is 19.6 Å². The molecule has 0 bridgehead atoms. The fourth-order valence-electron chi connectivity index (χ4n) is 3.10. The van der Waals surface area contributed by atoms with Crippen LogP contribution in [0.15, 0.2) is 67.0 Å². The first-order valence-corrected chi connectivity index (χ1v) is 9.26. The third kappa shape index (κ3) is 4.06. The maximum Gasteiger partial charge on any atom is 0.255 e. The predicted octanol–water partition coefficient (Wildman–Crippen LogP) is 4.49. The molecule has 4 rings (SSSR count). The van der Waals surface area contributed by atoms with Crippen LogP contribution in [0.25, 0.3) is 5.65 Å². The number of carbonyl (C=O) groups is 1. The van der Waals surface area contributed by atoms with E-state index in [4.69, 9.17) is 4.74 Å². The van der Waals surface area contributed by atoms with E-state index in [-0.39, 0.29) is 11.7 Å². The zero-order valence-electron chi connectivity index (χ0n) is 16.2. The van der Waals surface area contributed by atoms with Crippen molar-refractivity contribution in [1.82, 2.24) is 9.38 Å². The van der Waals surface area contributed by atoms with Gasteiger partial charge in [0.25, 0.3) is 5.91 Å². The number of hydrogen-bond acceptors (Lipinski definition) is 4. The Morgan fingerprint density at radius 2 is 2.00 bits per heavy atom.